The number of morpholine rings is 1. The molecule has 3 rings (SSSR count). The topological polar surface area (TPSA) is 25.4 Å². The highest BCUT2D eigenvalue weighted by Crippen LogP contribution is 2.34. The molecule has 19 heavy (non-hydrogen) atoms. The van der Waals surface area contributed by atoms with Crippen molar-refractivity contribution in [2.45, 2.75) is 43.7 Å². The first-order chi connectivity index (χ1) is 9.29. The number of aromatic nitrogens is 1. The first kappa shape index (κ1) is 13.5. The van der Waals surface area contributed by atoms with E-state index in [-0.39, 0.29) is 0 Å². The molecule has 2 aliphatic rings. The number of pyridine rings is 1. The third-order valence-electron chi connectivity index (χ3n) is 4.04. The van der Waals surface area contributed by atoms with E-state index in [1.807, 2.05) is 12.3 Å². The molecule has 1 saturated carbocycles. The monoisotopic (exact) mass is 300 g/mol. The lowest BCUT2D eigenvalue weighted by Gasteiger charge is -2.44. The summed E-state index contributed by atoms with van der Waals surface area (Å²) >= 11 is 12.2. The number of hydrogen-bond donors (Lipinski definition) is 0. The minimum atomic E-state index is 0.341. The first-order valence-electron chi connectivity index (χ1n) is 6.88. The average Bonchev–Trinajstić information content (AvgIpc) is 2.46. The van der Waals surface area contributed by atoms with Gasteiger partial charge in [0.05, 0.1) is 23.8 Å². The minimum absolute atomic E-state index is 0.341. The van der Waals surface area contributed by atoms with Crippen LogP contribution >= 0.6 is 23.2 Å². The van der Waals surface area contributed by atoms with Crippen molar-refractivity contribution < 1.29 is 4.74 Å². The predicted molar refractivity (Wildman–Crippen MR) is 78.1 cm³/mol. The van der Waals surface area contributed by atoms with Gasteiger partial charge in [0.2, 0.25) is 0 Å². The quantitative estimate of drug-likeness (QED) is 0.780. The van der Waals surface area contributed by atoms with Crippen molar-refractivity contribution in [1.82, 2.24) is 4.98 Å². The zero-order valence-electron chi connectivity index (χ0n) is 10.8. The Bertz CT molecular complexity index is 453. The Morgan fingerprint density at radius 3 is 3.00 bits per heavy atom. The summed E-state index contributed by atoms with van der Waals surface area (Å²) in [5, 5.41) is 0.698. The van der Waals surface area contributed by atoms with Crippen molar-refractivity contribution in [2.75, 3.05) is 18.1 Å². The van der Waals surface area contributed by atoms with Crippen molar-refractivity contribution in [3.8, 4) is 0 Å². The molecule has 0 amide bonds. The smallest absolute Gasteiger partial charge is 0.147 e. The van der Waals surface area contributed by atoms with Gasteiger partial charge in [-0.3, -0.25) is 0 Å². The van der Waals surface area contributed by atoms with Gasteiger partial charge in [-0.15, -0.1) is 11.6 Å². The van der Waals surface area contributed by atoms with Crippen LogP contribution in [0.4, 0.5) is 5.82 Å². The molecule has 0 N–H and O–H groups in total. The summed E-state index contributed by atoms with van der Waals surface area (Å²) in [6.07, 6.45) is 7.01. The molecule has 1 aliphatic carbocycles. The van der Waals surface area contributed by atoms with E-state index in [4.69, 9.17) is 27.9 Å². The maximum absolute atomic E-state index is 6.37. The van der Waals surface area contributed by atoms with Gasteiger partial charge in [0, 0.05) is 18.6 Å². The van der Waals surface area contributed by atoms with E-state index in [1.165, 1.54) is 19.3 Å². The fraction of sp³-hybridized carbons (Fsp3) is 0.643. The number of halogens is 2. The second kappa shape index (κ2) is 5.86. The molecule has 0 aromatic carbocycles. The summed E-state index contributed by atoms with van der Waals surface area (Å²) in [6, 6.07) is 2.35. The van der Waals surface area contributed by atoms with Gasteiger partial charge in [0.1, 0.15) is 5.82 Å². The molecule has 2 atom stereocenters. The molecule has 0 radical (unpaired) electrons. The molecular weight excluding hydrogens is 283 g/mol. The van der Waals surface area contributed by atoms with E-state index in [0.29, 0.717) is 23.0 Å². The number of anilines is 1. The van der Waals surface area contributed by atoms with Crippen LogP contribution in [0.5, 0.6) is 0 Å². The molecule has 0 bridgehead atoms. The van der Waals surface area contributed by atoms with Gasteiger partial charge < -0.3 is 9.64 Å². The summed E-state index contributed by atoms with van der Waals surface area (Å²) < 4.78 is 5.88. The molecule has 1 aliphatic heterocycles. The van der Waals surface area contributed by atoms with Crippen LogP contribution in [0.2, 0.25) is 5.02 Å². The fourth-order valence-corrected chi connectivity index (χ4v) is 3.56. The Labute approximate surface area is 123 Å². The maximum atomic E-state index is 6.37. The van der Waals surface area contributed by atoms with E-state index < -0.39 is 0 Å². The van der Waals surface area contributed by atoms with E-state index in [0.717, 1.165) is 31.0 Å². The number of hydrogen-bond acceptors (Lipinski definition) is 3. The van der Waals surface area contributed by atoms with Gasteiger partial charge in [-0.25, -0.2) is 4.98 Å². The second-order valence-electron chi connectivity index (χ2n) is 5.24. The molecule has 1 aromatic heterocycles. The number of nitrogens with zero attached hydrogens (tertiary/aromatic N) is 2. The fourth-order valence-electron chi connectivity index (χ4n) is 3.11. The third kappa shape index (κ3) is 2.69. The highest BCUT2D eigenvalue weighted by Gasteiger charge is 2.35. The van der Waals surface area contributed by atoms with Crippen LogP contribution in [-0.2, 0) is 10.6 Å². The highest BCUT2D eigenvalue weighted by molar-refractivity contribution is 6.33. The van der Waals surface area contributed by atoms with E-state index in [1.54, 1.807) is 0 Å². The summed E-state index contributed by atoms with van der Waals surface area (Å²) in [7, 11) is 0. The number of ether oxygens (including phenoxy) is 1. The van der Waals surface area contributed by atoms with Crippen LogP contribution in [0.3, 0.4) is 0 Å². The highest BCUT2D eigenvalue weighted by atomic mass is 35.5. The van der Waals surface area contributed by atoms with Crippen molar-refractivity contribution >= 4 is 29.0 Å². The van der Waals surface area contributed by atoms with E-state index >= 15 is 0 Å². The molecule has 0 spiro atoms. The molecule has 104 valence electrons. The molecule has 2 fully saturated rings. The Balaban J connectivity index is 1.87. The van der Waals surface area contributed by atoms with Gasteiger partial charge in [0.25, 0.3) is 0 Å². The lowest BCUT2D eigenvalue weighted by atomic mass is 9.90. The van der Waals surface area contributed by atoms with Crippen molar-refractivity contribution in [2.24, 2.45) is 0 Å². The van der Waals surface area contributed by atoms with Gasteiger partial charge in [-0.05, 0) is 24.5 Å². The lowest BCUT2D eigenvalue weighted by molar-refractivity contribution is -0.00897. The van der Waals surface area contributed by atoms with Gasteiger partial charge in [0.15, 0.2) is 0 Å². The van der Waals surface area contributed by atoms with Crippen LogP contribution in [0, 0.1) is 0 Å². The Morgan fingerprint density at radius 2 is 2.21 bits per heavy atom. The third-order valence-corrected chi connectivity index (χ3v) is 4.62. The first-order valence-corrected chi connectivity index (χ1v) is 7.79. The Kier molecular flexibility index (Phi) is 4.15. The normalized spacial score (nSPS) is 27.2. The molecular formula is C14H18Cl2N2O. The SMILES string of the molecule is ClCc1cnc(N2CCOC3CCCCC32)c(Cl)c1. The summed E-state index contributed by atoms with van der Waals surface area (Å²) in [5.74, 6) is 1.33. The molecule has 1 aromatic rings. The van der Waals surface area contributed by atoms with Crippen molar-refractivity contribution in [1.29, 1.82) is 0 Å². The standard InChI is InChI=1S/C14H18Cl2N2O/c15-8-10-7-11(16)14(17-9-10)18-5-6-19-13-4-2-1-3-12(13)18/h7,9,12-13H,1-6,8H2. The second-order valence-corrected chi connectivity index (χ2v) is 5.91. The summed E-state index contributed by atoms with van der Waals surface area (Å²) in [4.78, 5) is 6.84. The van der Waals surface area contributed by atoms with Crippen LogP contribution in [-0.4, -0.2) is 30.3 Å². The summed E-state index contributed by atoms with van der Waals surface area (Å²) in [6.45, 7) is 1.63. The average molecular weight is 301 g/mol. The van der Waals surface area contributed by atoms with Crippen LogP contribution in [0.25, 0.3) is 0 Å². The molecule has 2 heterocycles. The van der Waals surface area contributed by atoms with Crippen LogP contribution < -0.4 is 4.90 Å². The zero-order chi connectivity index (χ0) is 13.2. The number of alkyl halides is 1. The van der Waals surface area contributed by atoms with Crippen LogP contribution in [0.15, 0.2) is 12.3 Å². The maximum Gasteiger partial charge on any atom is 0.147 e. The Morgan fingerprint density at radius 1 is 1.37 bits per heavy atom. The molecule has 5 heteroatoms. The van der Waals surface area contributed by atoms with Gasteiger partial charge in [-0.1, -0.05) is 24.4 Å². The minimum Gasteiger partial charge on any atom is -0.374 e. The Hall–Kier alpha value is -0.510. The predicted octanol–water partition coefficient (Wildman–Crippen LogP) is 3.62. The van der Waals surface area contributed by atoms with Gasteiger partial charge in [-0.2, -0.15) is 0 Å². The molecule has 2 unspecified atom stereocenters. The van der Waals surface area contributed by atoms with Gasteiger partial charge >= 0.3 is 0 Å². The van der Waals surface area contributed by atoms with Crippen molar-refractivity contribution in [3.63, 3.8) is 0 Å². The number of fused-ring (bicyclic) bond motifs is 1. The van der Waals surface area contributed by atoms with E-state index in [9.17, 15) is 0 Å². The largest absolute Gasteiger partial charge is 0.374 e. The molecule has 1 saturated heterocycles. The number of rotatable bonds is 2. The zero-order valence-corrected chi connectivity index (χ0v) is 12.3. The summed E-state index contributed by atoms with van der Waals surface area (Å²) in [5.41, 5.74) is 0.962. The van der Waals surface area contributed by atoms with Crippen LogP contribution in [0.1, 0.15) is 31.2 Å². The molecule has 3 nitrogen and oxygen atoms in total. The lowest BCUT2D eigenvalue weighted by Crippen LogP contribution is -2.53. The van der Waals surface area contributed by atoms with Crippen molar-refractivity contribution in [3.05, 3.63) is 22.8 Å². The van der Waals surface area contributed by atoms with E-state index in [2.05, 4.69) is 9.88 Å².